The average molecular weight is 549 g/mol. The number of aryl methyl sites for hydroxylation is 2. The number of hydrogen-bond acceptors (Lipinski definition) is 7. The lowest BCUT2D eigenvalue weighted by Gasteiger charge is -2.20. The Morgan fingerprint density at radius 1 is 1.08 bits per heavy atom. The highest BCUT2D eigenvalue weighted by Gasteiger charge is 2.24. The minimum absolute atomic E-state index is 0.132. The molecule has 1 aliphatic heterocycles. The first kappa shape index (κ1) is 27.2. The van der Waals surface area contributed by atoms with Gasteiger partial charge >= 0.3 is 5.97 Å². The maximum absolute atomic E-state index is 13.2. The van der Waals surface area contributed by atoms with E-state index in [0.29, 0.717) is 30.6 Å². The molecule has 206 valence electrons. The summed E-state index contributed by atoms with van der Waals surface area (Å²) in [5.41, 5.74) is 4.35. The van der Waals surface area contributed by atoms with E-state index in [1.807, 2.05) is 64.1 Å². The van der Waals surface area contributed by atoms with Crippen molar-refractivity contribution in [2.75, 3.05) is 18.5 Å². The molecule has 0 saturated heterocycles. The van der Waals surface area contributed by atoms with Crippen molar-refractivity contribution in [1.82, 2.24) is 4.98 Å². The van der Waals surface area contributed by atoms with Crippen LogP contribution in [0.4, 0.5) is 5.69 Å². The molecule has 1 unspecified atom stereocenters. The van der Waals surface area contributed by atoms with Crippen molar-refractivity contribution in [3.8, 4) is 22.6 Å². The molecular weight excluding hydrogens is 512 g/mol. The van der Waals surface area contributed by atoms with Gasteiger partial charge < -0.3 is 19.5 Å². The number of hydrogen-bond donors (Lipinski definition) is 1. The molecule has 0 fully saturated rings. The third-order valence-electron chi connectivity index (χ3n) is 7.15. The highest BCUT2D eigenvalue weighted by Crippen LogP contribution is 2.37. The molecule has 8 heteroatoms. The van der Waals surface area contributed by atoms with Gasteiger partial charge in [-0.1, -0.05) is 18.2 Å². The van der Waals surface area contributed by atoms with Crippen molar-refractivity contribution >= 4 is 28.9 Å². The first-order valence-corrected chi connectivity index (χ1v) is 14.5. The molecule has 0 spiro atoms. The number of nitrogens with zero attached hydrogens (tertiary/aromatic N) is 1. The normalized spacial score (nSPS) is 16.7. The second kappa shape index (κ2) is 11.4. The van der Waals surface area contributed by atoms with Crippen LogP contribution < -0.4 is 14.8 Å². The molecule has 5 rings (SSSR count). The van der Waals surface area contributed by atoms with E-state index < -0.39 is 5.60 Å². The van der Waals surface area contributed by atoms with E-state index in [1.165, 1.54) is 16.2 Å². The molecule has 1 N–H and O–H groups in total. The van der Waals surface area contributed by atoms with Crippen LogP contribution in [0.3, 0.4) is 0 Å². The number of aromatic nitrogens is 1. The smallest absolute Gasteiger partial charge is 0.306 e. The molecule has 0 bridgehead atoms. The minimum atomic E-state index is -0.448. The fraction of sp³-hybridized carbons (Fsp3) is 0.452. The van der Waals surface area contributed by atoms with E-state index >= 15 is 0 Å². The van der Waals surface area contributed by atoms with Crippen molar-refractivity contribution in [2.45, 2.75) is 71.8 Å². The summed E-state index contributed by atoms with van der Waals surface area (Å²) in [7, 11) is 0. The summed E-state index contributed by atoms with van der Waals surface area (Å²) in [6.07, 6.45) is 4.96. The Hall–Kier alpha value is -3.39. The van der Waals surface area contributed by atoms with Crippen molar-refractivity contribution in [1.29, 1.82) is 0 Å². The van der Waals surface area contributed by atoms with Gasteiger partial charge in [-0.3, -0.25) is 9.59 Å². The lowest BCUT2D eigenvalue weighted by Crippen LogP contribution is -2.24. The summed E-state index contributed by atoms with van der Waals surface area (Å²) in [5, 5.41) is 3.58. The summed E-state index contributed by atoms with van der Waals surface area (Å²) >= 11 is 1.49. The molecule has 1 atom stereocenters. The highest BCUT2D eigenvalue weighted by molar-refractivity contribution is 7.13. The zero-order valence-electron chi connectivity index (χ0n) is 23.1. The number of rotatable bonds is 6. The minimum Gasteiger partial charge on any atom is -0.486 e. The van der Waals surface area contributed by atoms with Crippen LogP contribution in [0.5, 0.6) is 11.5 Å². The van der Waals surface area contributed by atoms with Gasteiger partial charge in [0.15, 0.2) is 16.5 Å². The Labute approximate surface area is 233 Å². The van der Waals surface area contributed by atoms with Gasteiger partial charge in [0.1, 0.15) is 18.8 Å². The monoisotopic (exact) mass is 548 g/mol. The van der Waals surface area contributed by atoms with Gasteiger partial charge in [-0.25, -0.2) is 4.98 Å². The Bertz CT molecular complexity index is 1350. The van der Waals surface area contributed by atoms with Gasteiger partial charge in [0.05, 0.1) is 5.69 Å². The average Bonchev–Trinajstić information content (AvgIpc) is 3.22. The number of ether oxygens (including phenoxy) is 3. The second-order valence-electron chi connectivity index (χ2n) is 11.2. The summed E-state index contributed by atoms with van der Waals surface area (Å²) in [6, 6.07) is 11.8. The van der Waals surface area contributed by atoms with Gasteiger partial charge in [0.2, 0.25) is 0 Å². The van der Waals surface area contributed by atoms with Crippen molar-refractivity contribution in [2.24, 2.45) is 5.92 Å². The molecule has 3 aromatic rings. The fourth-order valence-corrected chi connectivity index (χ4v) is 6.18. The van der Waals surface area contributed by atoms with Gasteiger partial charge in [0, 0.05) is 17.0 Å². The maximum atomic E-state index is 13.2. The van der Waals surface area contributed by atoms with Crippen molar-refractivity contribution < 1.29 is 23.8 Å². The van der Waals surface area contributed by atoms with Gasteiger partial charge in [0.25, 0.3) is 5.91 Å². The SMILES string of the molecule is Cc1c(NC(=O)c2nc3c(s2)CCC(CCC(=O)OC(C)(C)C)CC3)cccc1-c1ccc2c(c1)OCCO2. The van der Waals surface area contributed by atoms with Crippen LogP contribution in [0.15, 0.2) is 36.4 Å². The van der Waals surface area contributed by atoms with Crippen LogP contribution in [0.2, 0.25) is 0 Å². The Kier molecular flexibility index (Phi) is 7.93. The van der Waals surface area contributed by atoms with E-state index in [-0.39, 0.29) is 11.9 Å². The zero-order valence-corrected chi connectivity index (χ0v) is 23.9. The van der Waals surface area contributed by atoms with Gasteiger partial charge in [-0.15, -0.1) is 11.3 Å². The standard InChI is InChI=1S/C31H36N2O5S/c1-19-22(21-11-13-25-26(18-21)37-17-16-36-25)6-5-7-23(19)32-29(35)30-33-24-12-8-20(9-14-27(24)39-30)10-15-28(34)38-31(2,3)4/h5-7,11,13,18,20H,8-10,12,14-17H2,1-4H3,(H,32,35). The molecule has 2 aliphatic rings. The van der Waals surface area contributed by atoms with Crippen molar-refractivity contribution in [3.05, 3.63) is 57.5 Å². The Balaban J connectivity index is 1.22. The highest BCUT2D eigenvalue weighted by atomic mass is 32.1. The van der Waals surface area contributed by atoms with E-state index in [4.69, 9.17) is 19.2 Å². The van der Waals surface area contributed by atoms with Gasteiger partial charge in [-0.05, 0) is 101 Å². The fourth-order valence-electron chi connectivity index (χ4n) is 5.17. The maximum Gasteiger partial charge on any atom is 0.306 e. The van der Waals surface area contributed by atoms with Crippen LogP contribution >= 0.6 is 11.3 Å². The molecule has 2 heterocycles. The number of nitrogens with one attached hydrogen (secondary N) is 1. The predicted octanol–water partition coefficient (Wildman–Crippen LogP) is 6.76. The molecule has 39 heavy (non-hydrogen) atoms. The molecule has 7 nitrogen and oxygen atoms in total. The third kappa shape index (κ3) is 6.61. The third-order valence-corrected chi connectivity index (χ3v) is 8.31. The van der Waals surface area contributed by atoms with Crippen LogP contribution in [-0.2, 0) is 22.4 Å². The molecule has 1 aliphatic carbocycles. The van der Waals surface area contributed by atoms with Crippen LogP contribution in [0, 0.1) is 12.8 Å². The molecule has 1 amide bonds. The molecule has 1 aromatic heterocycles. The van der Waals surface area contributed by atoms with E-state index in [9.17, 15) is 9.59 Å². The van der Waals surface area contributed by atoms with Gasteiger partial charge in [-0.2, -0.15) is 0 Å². The number of anilines is 1. The summed E-state index contributed by atoms with van der Waals surface area (Å²) in [4.78, 5) is 31.2. The topological polar surface area (TPSA) is 86.8 Å². The summed E-state index contributed by atoms with van der Waals surface area (Å²) in [6.45, 7) is 8.79. The number of carbonyl (C=O) groups excluding carboxylic acids is 2. The lowest BCUT2D eigenvalue weighted by molar-refractivity contribution is -0.155. The number of fused-ring (bicyclic) bond motifs is 2. The summed E-state index contributed by atoms with van der Waals surface area (Å²) < 4.78 is 16.9. The molecule has 2 aromatic carbocycles. The lowest BCUT2D eigenvalue weighted by atomic mass is 9.95. The molecular formula is C31H36N2O5S. The zero-order chi connectivity index (χ0) is 27.6. The van der Waals surface area contributed by atoms with Crippen molar-refractivity contribution in [3.63, 3.8) is 0 Å². The van der Waals surface area contributed by atoms with Crippen LogP contribution in [0.1, 0.15) is 72.4 Å². The van der Waals surface area contributed by atoms with E-state index in [1.54, 1.807) is 0 Å². The number of thiazole rings is 1. The largest absolute Gasteiger partial charge is 0.486 e. The van der Waals surface area contributed by atoms with Crippen LogP contribution in [0.25, 0.3) is 11.1 Å². The molecule has 0 saturated carbocycles. The number of esters is 1. The number of benzene rings is 2. The Morgan fingerprint density at radius 2 is 1.85 bits per heavy atom. The second-order valence-corrected chi connectivity index (χ2v) is 12.3. The van der Waals surface area contributed by atoms with Crippen LogP contribution in [-0.4, -0.2) is 35.7 Å². The first-order chi connectivity index (χ1) is 18.7. The van der Waals surface area contributed by atoms with E-state index in [2.05, 4.69) is 5.32 Å². The predicted molar refractivity (Wildman–Crippen MR) is 153 cm³/mol. The number of amides is 1. The Morgan fingerprint density at radius 3 is 2.64 bits per heavy atom. The van der Waals surface area contributed by atoms with E-state index in [0.717, 1.165) is 71.7 Å². The summed E-state index contributed by atoms with van der Waals surface area (Å²) in [5.74, 6) is 1.64. The molecule has 0 radical (unpaired) electrons. The first-order valence-electron chi connectivity index (χ1n) is 13.7. The number of carbonyl (C=O) groups is 2. The quantitative estimate of drug-likeness (QED) is 0.271.